The Balaban J connectivity index is -0.000000231. The highest BCUT2D eigenvalue weighted by molar-refractivity contribution is 5.56. The highest BCUT2D eigenvalue weighted by atomic mass is 16.3. The summed E-state index contributed by atoms with van der Waals surface area (Å²) >= 11 is 0. The second-order valence-electron chi connectivity index (χ2n) is 3.82. The Hall–Kier alpha value is -1.23. The van der Waals surface area contributed by atoms with Crippen LogP contribution in [0.4, 0.5) is 0 Å². The molecule has 0 rings (SSSR count). The lowest BCUT2D eigenvalue weighted by atomic mass is 10.3. The lowest BCUT2D eigenvalue weighted by Gasteiger charge is -2.02. The summed E-state index contributed by atoms with van der Waals surface area (Å²) in [7, 11) is 0. The van der Waals surface area contributed by atoms with Crippen LogP contribution in [0.1, 0.15) is 19.8 Å². The van der Waals surface area contributed by atoms with E-state index in [1.54, 1.807) is 0 Å². The average Bonchev–Trinajstić information content (AvgIpc) is 2.47. The fourth-order valence-corrected chi connectivity index (χ4v) is 0.500. The SMILES string of the molecule is CC(O)C(O)C=O.O=CC(O)CCO.O=CCC(O)CO. The molecule has 6 N–H and O–H groups in total. The lowest BCUT2D eigenvalue weighted by Crippen LogP contribution is -2.23. The summed E-state index contributed by atoms with van der Waals surface area (Å²) in [4.78, 5) is 28.6. The highest BCUT2D eigenvalue weighted by Gasteiger charge is 2.06. The van der Waals surface area contributed by atoms with E-state index in [0.717, 1.165) is 0 Å². The van der Waals surface area contributed by atoms with E-state index in [2.05, 4.69) is 0 Å². The van der Waals surface area contributed by atoms with Gasteiger partial charge in [-0.2, -0.15) is 0 Å². The van der Waals surface area contributed by atoms with Crippen molar-refractivity contribution in [2.45, 2.75) is 44.2 Å². The summed E-state index contributed by atoms with van der Waals surface area (Å²) in [5.41, 5.74) is 0. The van der Waals surface area contributed by atoms with Crippen molar-refractivity contribution in [1.29, 1.82) is 0 Å². The third-order valence-corrected chi connectivity index (χ3v) is 1.79. The number of hydrogen-bond donors (Lipinski definition) is 6. The number of carbonyl (C=O) groups is 3. The molecule has 0 aliphatic carbocycles. The molecule has 0 saturated heterocycles. The van der Waals surface area contributed by atoms with Crippen LogP contribution in [0.5, 0.6) is 0 Å². The maximum absolute atomic E-state index is 9.54. The van der Waals surface area contributed by atoms with Gasteiger partial charge in [-0.1, -0.05) is 0 Å². The molecule has 0 aromatic heterocycles. The molecule has 126 valence electrons. The minimum atomic E-state index is -1.22. The molecule has 0 bridgehead atoms. The Morgan fingerprint density at radius 2 is 1.48 bits per heavy atom. The predicted molar refractivity (Wildman–Crippen MR) is 71.3 cm³/mol. The number of aliphatic hydroxyl groups excluding tert-OH is 6. The van der Waals surface area contributed by atoms with Crippen molar-refractivity contribution in [2.24, 2.45) is 0 Å². The van der Waals surface area contributed by atoms with Crippen molar-refractivity contribution in [1.82, 2.24) is 0 Å². The topological polar surface area (TPSA) is 173 Å². The summed E-state index contributed by atoms with van der Waals surface area (Å²) in [5, 5.41) is 49.5. The summed E-state index contributed by atoms with van der Waals surface area (Å²) in [6.45, 7) is 0.873. The molecule has 0 aliphatic rings. The minimum Gasteiger partial charge on any atom is -0.396 e. The Labute approximate surface area is 122 Å². The van der Waals surface area contributed by atoms with E-state index in [-0.39, 0.29) is 26.1 Å². The molecule has 0 radical (unpaired) electrons. The van der Waals surface area contributed by atoms with E-state index in [1.165, 1.54) is 6.92 Å². The van der Waals surface area contributed by atoms with Gasteiger partial charge in [0, 0.05) is 19.4 Å². The summed E-state index contributed by atoms with van der Waals surface area (Å²) in [5.74, 6) is 0. The summed E-state index contributed by atoms with van der Waals surface area (Å²) in [6.07, 6.45) is -2.58. The molecule has 0 aromatic rings. The molecule has 0 fully saturated rings. The zero-order valence-corrected chi connectivity index (χ0v) is 11.8. The summed E-state index contributed by atoms with van der Waals surface area (Å²) in [6, 6.07) is 0. The van der Waals surface area contributed by atoms with Gasteiger partial charge in [0.25, 0.3) is 0 Å². The van der Waals surface area contributed by atoms with Crippen molar-refractivity contribution in [2.75, 3.05) is 13.2 Å². The molecule has 0 heterocycles. The molecule has 9 heteroatoms. The Kier molecular flexibility index (Phi) is 22.1. The quantitative estimate of drug-likeness (QED) is 0.252. The van der Waals surface area contributed by atoms with Crippen LogP contribution in [0.25, 0.3) is 0 Å². The lowest BCUT2D eigenvalue weighted by molar-refractivity contribution is -0.119. The Morgan fingerprint density at radius 3 is 1.57 bits per heavy atom. The van der Waals surface area contributed by atoms with Gasteiger partial charge >= 0.3 is 0 Å². The second kappa shape index (κ2) is 18.8. The van der Waals surface area contributed by atoms with Gasteiger partial charge in [-0.25, -0.2) is 0 Å². The van der Waals surface area contributed by atoms with E-state index in [9.17, 15) is 14.4 Å². The van der Waals surface area contributed by atoms with E-state index < -0.39 is 24.4 Å². The van der Waals surface area contributed by atoms with Gasteiger partial charge in [0.15, 0.2) is 6.29 Å². The largest absolute Gasteiger partial charge is 0.396 e. The van der Waals surface area contributed by atoms with Gasteiger partial charge in [0.1, 0.15) is 24.8 Å². The van der Waals surface area contributed by atoms with Crippen molar-refractivity contribution in [3.63, 3.8) is 0 Å². The summed E-state index contributed by atoms with van der Waals surface area (Å²) < 4.78 is 0. The van der Waals surface area contributed by atoms with E-state index >= 15 is 0 Å². The predicted octanol–water partition coefficient (Wildman–Crippen LogP) is -3.22. The molecule has 4 atom stereocenters. The zero-order valence-electron chi connectivity index (χ0n) is 11.8. The molecule has 0 saturated carbocycles. The van der Waals surface area contributed by atoms with Crippen LogP contribution in [0, 0.1) is 0 Å². The first kappa shape index (κ1) is 24.8. The van der Waals surface area contributed by atoms with Crippen LogP contribution in [0.15, 0.2) is 0 Å². The van der Waals surface area contributed by atoms with Gasteiger partial charge < -0.3 is 45.0 Å². The van der Waals surface area contributed by atoms with E-state index in [0.29, 0.717) is 18.9 Å². The first-order chi connectivity index (χ1) is 9.80. The second-order valence-corrected chi connectivity index (χ2v) is 3.82. The van der Waals surface area contributed by atoms with E-state index in [4.69, 9.17) is 30.6 Å². The molecular weight excluding hydrogens is 288 g/mol. The first-order valence-electron chi connectivity index (χ1n) is 6.08. The van der Waals surface area contributed by atoms with Crippen LogP contribution in [-0.2, 0) is 14.4 Å². The zero-order chi connectivity index (χ0) is 17.3. The average molecular weight is 312 g/mol. The van der Waals surface area contributed by atoms with Crippen LogP contribution >= 0.6 is 0 Å². The highest BCUT2D eigenvalue weighted by Crippen LogP contribution is 1.84. The molecule has 21 heavy (non-hydrogen) atoms. The number of aliphatic hydroxyl groups is 6. The van der Waals surface area contributed by atoms with Gasteiger partial charge in [0.05, 0.1) is 18.8 Å². The van der Waals surface area contributed by atoms with Crippen LogP contribution in [-0.4, -0.2) is 87.1 Å². The van der Waals surface area contributed by atoms with Crippen molar-refractivity contribution in [3.8, 4) is 0 Å². The van der Waals surface area contributed by atoms with Gasteiger partial charge in [-0.3, -0.25) is 0 Å². The molecule has 0 amide bonds. The molecule has 9 nitrogen and oxygen atoms in total. The smallest absolute Gasteiger partial charge is 0.151 e. The fraction of sp³-hybridized carbons (Fsp3) is 0.750. The van der Waals surface area contributed by atoms with Gasteiger partial charge in [-0.15, -0.1) is 0 Å². The van der Waals surface area contributed by atoms with Gasteiger partial charge in [0.2, 0.25) is 0 Å². The standard InChI is InChI=1S/3C4H8O3/c1-3(6)4(7)2-5;2*5-2-1-4(7)3-6/h2-4,6-7H,1H3;3-5,7H,1-2H2;2,4,6-7H,1,3H2. The Morgan fingerprint density at radius 1 is 0.952 bits per heavy atom. The third-order valence-electron chi connectivity index (χ3n) is 1.79. The number of aldehydes is 3. The van der Waals surface area contributed by atoms with E-state index in [1.807, 2.05) is 0 Å². The molecule has 4 unspecified atom stereocenters. The molecule has 0 spiro atoms. The fourth-order valence-electron chi connectivity index (χ4n) is 0.500. The van der Waals surface area contributed by atoms with Crippen LogP contribution in [0.3, 0.4) is 0 Å². The minimum absolute atomic E-state index is 0.0243. The third kappa shape index (κ3) is 24.2. The van der Waals surface area contributed by atoms with Crippen molar-refractivity contribution in [3.05, 3.63) is 0 Å². The Bertz CT molecular complexity index is 245. The van der Waals surface area contributed by atoms with Crippen molar-refractivity contribution >= 4 is 18.9 Å². The molecule has 0 aromatic carbocycles. The molecule has 0 aliphatic heterocycles. The van der Waals surface area contributed by atoms with Crippen LogP contribution < -0.4 is 0 Å². The van der Waals surface area contributed by atoms with Crippen LogP contribution in [0.2, 0.25) is 0 Å². The first-order valence-corrected chi connectivity index (χ1v) is 6.08. The maximum Gasteiger partial charge on any atom is 0.151 e. The van der Waals surface area contributed by atoms with Gasteiger partial charge in [-0.05, 0) is 6.92 Å². The normalized spacial score (nSPS) is 15.0. The number of carbonyl (C=O) groups excluding carboxylic acids is 3. The maximum atomic E-state index is 9.54. The monoisotopic (exact) mass is 312 g/mol. The molecular formula is C12H24O9. The number of hydrogen-bond acceptors (Lipinski definition) is 9. The number of rotatable bonds is 8. The van der Waals surface area contributed by atoms with Crippen molar-refractivity contribution < 1.29 is 45.0 Å².